The highest BCUT2D eigenvalue weighted by molar-refractivity contribution is 9.10. The normalized spacial score (nSPS) is 10.3. The predicted octanol–water partition coefficient (Wildman–Crippen LogP) is 2.76. The van der Waals surface area contributed by atoms with Crippen LogP contribution in [0.4, 0.5) is 11.4 Å². The summed E-state index contributed by atoms with van der Waals surface area (Å²) in [5, 5.41) is 8.92. The lowest BCUT2D eigenvalue weighted by Gasteiger charge is -2.21. The van der Waals surface area contributed by atoms with E-state index in [0.29, 0.717) is 12.2 Å². The second-order valence-corrected chi connectivity index (χ2v) is 5.36. The summed E-state index contributed by atoms with van der Waals surface area (Å²) in [6.07, 6.45) is 3.50. The molecule has 0 aliphatic heterocycles. The Morgan fingerprint density at radius 2 is 2.15 bits per heavy atom. The smallest absolute Gasteiger partial charge is 0.335 e. The molecule has 1 aromatic heterocycles. The van der Waals surface area contributed by atoms with Crippen molar-refractivity contribution in [1.82, 2.24) is 4.98 Å². The monoisotopic (exact) mass is 335 g/mol. The molecule has 1 heterocycles. The summed E-state index contributed by atoms with van der Waals surface area (Å²) in [5.74, 6) is -0.984. The third kappa shape index (κ3) is 3.27. The van der Waals surface area contributed by atoms with Crippen LogP contribution in [0.2, 0.25) is 0 Å². The topological polar surface area (TPSA) is 79.5 Å². The minimum atomic E-state index is -0.984. The van der Waals surface area contributed by atoms with Gasteiger partial charge in [-0.15, -0.1) is 0 Å². The minimum Gasteiger partial charge on any atom is -0.478 e. The standard InChI is InChI=1S/C14H14BrN3O2/c1-18(8-9-4-11(15)7-17-6-9)13-3-2-10(14(19)20)5-12(13)16/h2-7H,8,16H2,1H3,(H,19,20). The van der Waals surface area contributed by atoms with Gasteiger partial charge in [0.25, 0.3) is 0 Å². The molecule has 0 bridgehead atoms. The Morgan fingerprint density at radius 1 is 1.40 bits per heavy atom. The van der Waals surface area contributed by atoms with Gasteiger partial charge in [-0.05, 0) is 45.8 Å². The Labute approximate surface area is 125 Å². The Bertz CT molecular complexity index is 646. The van der Waals surface area contributed by atoms with Gasteiger partial charge in [0, 0.05) is 30.5 Å². The summed E-state index contributed by atoms with van der Waals surface area (Å²) < 4.78 is 0.914. The first kappa shape index (κ1) is 14.3. The van der Waals surface area contributed by atoms with Crippen molar-refractivity contribution in [3.8, 4) is 0 Å². The van der Waals surface area contributed by atoms with E-state index in [0.717, 1.165) is 15.7 Å². The highest BCUT2D eigenvalue weighted by atomic mass is 79.9. The van der Waals surface area contributed by atoms with Crippen LogP contribution >= 0.6 is 15.9 Å². The van der Waals surface area contributed by atoms with Gasteiger partial charge in [-0.25, -0.2) is 4.79 Å². The minimum absolute atomic E-state index is 0.184. The van der Waals surface area contributed by atoms with Crippen molar-refractivity contribution in [3.63, 3.8) is 0 Å². The number of carbonyl (C=O) groups is 1. The maximum absolute atomic E-state index is 10.9. The Morgan fingerprint density at radius 3 is 2.75 bits per heavy atom. The fraction of sp³-hybridized carbons (Fsp3) is 0.143. The number of rotatable bonds is 4. The molecular weight excluding hydrogens is 322 g/mol. The van der Waals surface area contributed by atoms with E-state index >= 15 is 0 Å². The van der Waals surface area contributed by atoms with Crippen LogP contribution in [-0.2, 0) is 6.54 Å². The maximum Gasteiger partial charge on any atom is 0.335 e. The quantitative estimate of drug-likeness (QED) is 0.840. The van der Waals surface area contributed by atoms with E-state index in [1.807, 2.05) is 18.0 Å². The van der Waals surface area contributed by atoms with E-state index in [2.05, 4.69) is 20.9 Å². The van der Waals surface area contributed by atoms with E-state index in [4.69, 9.17) is 10.8 Å². The number of nitrogens with zero attached hydrogens (tertiary/aromatic N) is 2. The molecule has 0 aliphatic rings. The van der Waals surface area contributed by atoms with Crippen molar-refractivity contribution >= 4 is 33.3 Å². The number of anilines is 2. The number of halogens is 1. The molecule has 0 amide bonds. The fourth-order valence-electron chi connectivity index (χ4n) is 1.94. The molecule has 0 aliphatic carbocycles. The Kier molecular flexibility index (Phi) is 4.24. The van der Waals surface area contributed by atoms with Crippen LogP contribution in [0.3, 0.4) is 0 Å². The molecule has 0 atom stereocenters. The highest BCUT2D eigenvalue weighted by Crippen LogP contribution is 2.25. The molecule has 0 spiro atoms. The molecule has 5 nitrogen and oxygen atoms in total. The van der Waals surface area contributed by atoms with Crippen LogP contribution in [-0.4, -0.2) is 23.1 Å². The Hall–Kier alpha value is -2.08. The van der Waals surface area contributed by atoms with Crippen LogP contribution in [0.5, 0.6) is 0 Å². The van der Waals surface area contributed by atoms with Gasteiger partial charge < -0.3 is 15.7 Å². The molecule has 0 unspecified atom stereocenters. The summed E-state index contributed by atoms with van der Waals surface area (Å²) in [7, 11) is 1.90. The number of benzene rings is 1. The molecular formula is C14H14BrN3O2. The number of aromatic nitrogens is 1. The van der Waals surface area contributed by atoms with Crippen molar-refractivity contribution in [3.05, 3.63) is 52.3 Å². The fourth-order valence-corrected chi connectivity index (χ4v) is 2.35. The van der Waals surface area contributed by atoms with Gasteiger partial charge in [0.1, 0.15) is 0 Å². The van der Waals surface area contributed by atoms with Crippen LogP contribution in [0.1, 0.15) is 15.9 Å². The van der Waals surface area contributed by atoms with Crippen LogP contribution < -0.4 is 10.6 Å². The number of pyridine rings is 1. The zero-order valence-electron chi connectivity index (χ0n) is 10.9. The number of carboxylic acid groups (broad SMARTS) is 1. The van der Waals surface area contributed by atoms with E-state index < -0.39 is 5.97 Å². The molecule has 104 valence electrons. The molecule has 0 radical (unpaired) electrons. The summed E-state index contributed by atoms with van der Waals surface area (Å²) in [6.45, 7) is 0.628. The molecule has 1 aromatic carbocycles. The Balaban J connectivity index is 2.21. The number of aromatic carboxylic acids is 1. The number of carboxylic acids is 1. The first-order chi connectivity index (χ1) is 9.47. The summed E-state index contributed by atoms with van der Waals surface area (Å²) in [6, 6.07) is 6.70. The maximum atomic E-state index is 10.9. The lowest BCUT2D eigenvalue weighted by atomic mass is 10.1. The second kappa shape index (κ2) is 5.92. The van der Waals surface area contributed by atoms with E-state index in [1.165, 1.54) is 6.07 Å². The van der Waals surface area contributed by atoms with Gasteiger partial charge in [0.2, 0.25) is 0 Å². The number of nitrogens with two attached hydrogens (primary N) is 1. The zero-order chi connectivity index (χ0) is 14.7. The number of hydrogen-bond acceptors (Lipinski definition) is 4. The van der Waals surface area contributed by atoms with Crippen molar-refractivity contribution in [2.24, 2.45) is 0 Å². The molecule has 3 N–H and O–H groups in total. The van der Waals surface area contributed by atoms with Crippen molar-refractivity contribution in [1.29, 1.82) is 0 Å². The third-order valence-electron chi connectivity index (χ3n) is 2.87. The van der Waals surface area contributed by atoms with Crippen LogP contribution in [0, 0.1) is 0 Å². The molecule has 0 saturated heterocycles. The lowest BCUT2D eigenvalue weighted by Crippen LogP contribution is -2.18. The zero-order valence-corrected chi connectivity index (χ0v) is 12.5. The summed E-state index contributed by atoms with van der Waals surface area (Å²) >= 11 is 3.38. The van der Waals surface area contributed by atoms with E-state index in [-0.39, 0.29) is 5.56 Å². The van der Waals surface area contributed by atoms with Gasteiger partial charge >= 0.3 is 5.97 Å². The van der Waals surface area contributed by atoms with Gasteiger partial charge in [0.05, 0.1) is 16.9 Å². The van der Waals surface area contributed by atoms with Crippen LogP contribution in [0.15, 0.2) is 41.1 Å². The molecule has 2 aromatic rings. The third-order valence-corrected chi connectivity index (χ3v) is 3.30. The molecule has 0 saturated carbocycles. The first-order valence-corrected chi connectivity index (χ1v) is 6.70. The lowest BCUT2D eigenvalue weighted by molar-refractivity contribution is 0.0697. The van der Waals surface area contributed by atoms with Gasteiger partial charge in [-0.1, -0.05) is 0 Å². The molecule has 2 rings (SSSR count). The molecule has 0 fully saturated rings. The second-order valence-electron chi connectivity index (χ2n) is 4.45. The van der Waals surface area contributed by atoms with Gasteiger partial charge in [0.15, 0.2) is 0 Å². The largest absolute Gasteiger partial charge is 0.478 e. The van der Waals surface area contributed by atoms with E-state index in [1.54, 1.807) is 24.5 Å². The first-order valence-electron chi connectivity index (χ1n) is 5.91. The molecule has 20 heavy (non-hydrogen) atoms. The van der Waals surface area contributed by atoms with Crippen molar-refractivity contribution in [2.75, 3.05) is 17.7 Å². The van der Waals surface area contributed by atoms with Crippen LogP contribution in [0.25, 0.3) is 0 Å². The van der Waals surface area contributed by atoms with E-state index in [9.17, 15) is 4.79 Å². The van der Waals surface area contributed by atoms with Crippen molar-refractivity contribution in [2.45, 2.75) is 6.54 Å². The number of nitrogen functional groups attached to an aromatic ring is 1. The summed E-state index contributed by atoms with van der Waals surface area (Å²) in [5.41, 5.74) is 8.36. The average Bonchev–Trinajstić information content (AvgIpc) is 2.38. The number of hydrogen-bond donors (Lipinski definition) is 2. The van der Waals surface area contributed by atoms with Gasteiger partial charge in [-0.2, -0.15) is 0 Å². The average molecular weight is 336 g/mol. The molecule has 6 heteroatoms. The SMILES string of the molecule is CN(Cc1cncc(Br)c1)c1ccc(C(=O)O)cc1N. The van der Waals surface area contributed by atoms with Crippen molar-refractivity contribution < 1.29 is 9.90 Å². The predicted molar refractivity (Wildman–Crippen MR) is 81.9 cm³/mol. The van der Waals surface area contributed by atoms with Gasteiger partial charge in [-0.3, -0.25) is 4.98 Å². The summed E-state index contributed by atoms with van der Waals surface area (Å²) in [4.78, 5) is 16.9. The highest BCUT2D eigenvalue weighted by Gasteiger charge is 2.10.